The van der Waals surface area contributed by atoms with E-state index in [2.05, 4.69) is 42.5 Å². The number of benzene rings is 1. The van der Waals surface area contributed by atoms with Crippen molar-refractivity contribution in [3.8, 4) is 5.75 Å². The molecule has 0 bridgehead atoms. The molecule has 4 nitrogen and oxygen atoms in total. The van der Waals surface area contributed by atoms with E-state index in [0.717, 1.165) is 20.3 Å². The van der Waals surface area contributed by atoms with Crippen LogP contribution in [0.5, 0.6) is 5.75 Å². The largest absolute Gasteiger partial charge is 0.492 e. The second-order valence-electron chi connectivity index (χ2n) is 5.39. The Bertz CT molecular complexity index is 481. The third-order valence-electron chi connectivity index (χ3n) is 3.08. The number of carbonyl (C=O) groups excluding carboxylic acids is 1. The third-order valence-corrected chi connectivity index (χ3v) is 4.26. The molecule has 0 radical (unpaired) electrons. The molecule has 1 aromatic rings. The summed E-state index contributed by atoms with van der Waals surface area (Å²) in [5.41, 5.74) is 0.680. The highest BCUT2D eigenvalue weighted by atomic mass is 79.9. The van der Waals surface area contributed by atoms with Crippen LogP contribution in [-0.4, -0.2) is 26.1 Å². The highest BCUT2D eigenvalue weighted by molar-refractivity contribution is 9.11. The van der Waals surface area contributed by atoms with Gasteiger partial charge in [0, 0.05) is 20.1 Å². The minimum atomic E-state index is -0.436. The Kier molecular flexibility index (Phi) is 7.16. The van der Waals surface area contributed by atoms with Crippen LogP contribution in [0.4, 0.5) is 0 Å². The Balaban J connectivity index is 2.67. The molecule has 0 aromatic heterocycles. The van der Waals surface area contributed by atoms with E-state index in [9.17, 15) is 4.79 Å². The summed E-state index contributed by atoms with van der Waals surface area (Å²) < 4.78 is 7.40. The van der Waals surface area contributed by atoms with E-state index in [-0.39, 0.29) is 5.91 Å². The summed E-state index contributed by atoms with van der Waals surface area (Å²) in [5.74, 6) is 0.844. The van der Waals surface area contributed by atoms with Gasteiger partial charge in [-0.15, -0.1) is 0 Å². The van der Waals surface area contributed by atoms with Gasteiger partial charge in [-0.2, -0.15) is 0 Å². The molecular formula is C15H22Br2N2O2. The maximum atomic E-state index is 11.7. The Morgan fingerprint density at radius 2 is 1.86 bits per heavy atom. The molecule has 1 rings (SSSR count). The van der Waals surface area contributed by atoms with Crippen LogP contribution in [0.1, 0.15) is 26.3 Å². The molecule has 1 amide bonds. The molecule has 21 heavy (non-hydrogen) atoms. The summed E-state index contributed by atoms with van der Waals surface area (Å²) >= 11 is 7.04. The monoisotopic (exact) mass is 420 g/mol. The molecule has 0 saturated carbocycles. The van der Waals surface area contributed by atoms with Gasteiger partial charge in [0.25, 0.3) is 0 Å². The van der Waals surface area contributed by atoms with Crippen molar-refractivity contribution in [2.45, 2.75) is 27.3 Å². The Morgan fingerprint density at radius 1 is 1.29 bits per heavy atom. The first kappa shape index (κ1) is 18.5. The number of ether oxygens (including phenoxy) is 1. The third kappa shape index (κ3) is 5.27. The van der Waals surface area contributed by atoms with Gasteiger partial charge in [0.05, 0.1) is 21.0 Å². The summed E-state index contributed by atoms with van der Waals surface area (Å²) in [7, 11) is 1.66. The van der Waals surface area contributed by atoms with E-state index in [4.69, 9.17) is 4.74 Å². The summed E-state index contributed by atoms with van der Waals surface area (Å²) in [6.45, 7) is 7.70. The molecule has 1 aromatic carbocycles. The molecule has 0 aliphatic carbocycles. The van der Waals surface area contributed by atoms with Crippen LogP contribution in [0.15, 0.2) is 21.1 Å². The number of rotatable bonds is 7. The van der Waals surface area contributed by atoms with Gasteiger partial charge in [-0.25, -0.2) is 0 Å². The summed E-state index contributed by atoms with van der Waals surface area (Å²) in [4.78, 5) is 11.7. The van der Waals surface area contributed by atoms with Crippen LogP contribution >= 0.6 is 31.9 Å². The van der Waals surface area contributed by atoms with E-state index in [1.165, 1.54) is 0 Å². The van der Waals surface area contributed by atoms with Crippen LogP contribution in [-0.2, 0) is 11.3 Å². The fraction of sp³-hybridized carbons (Fsp3) is 0.533. The SMILES string of the molecule is CCOc1c(Br)cc(CNCC(C)(C)C(=O)NC)cc1Br. The second kappa shape index (κ2) is 8.15. The Labute approximate surface area is 143 Å². The molecule has 0 unspecified atom stereocenters. The van der Waals surface area contributed by atoms with Crippen LogP contribution in [0.25, 0.3) is 0 Å². The fourth-order valence-corrected chi connectivity index (χ4v) is 3.44. The first-order chi connectivity index (χ1) is 9.81. The lowest BCUT2D eigenvalue weighted by molar-refractivity contribution is -0.128. The normalized spacial score (nSPS) is 11.3. The van der Waals surface area contributed by atoms with Crippen molar-refractivity contribution < 1.29 is 9.53 Å². The molecule has 0 aliphatic heterocycles. The van der Waals surface area contributed by atoms with Gasteiger partial charge in [0.2, 0.25) is 5.91 Å². The Hall–Kier alpha value is -0.590. The van der Waals surface area contributed by atoms with Crippen LogP contribution < -0.4 is 15.4 Å². The van der Waals surface area contributed by atoms with E-state index >= 15 is 0 Å². The molecule has 2 N–H and O–H groups in total. The molecule has 0 saturated heterocycles. The predicted molar refractivity (Wildman–Crippen MR) is 92.6 cm³/mol. The van der Waals surface area contributed by atoms with Crippen molar-refractivity contribution in [3.05, 3.63) is 26.6 Å². The van der Waals surface area contributed by atoms with Crippen molar-refractivity contribution in [1.82, 2.24) is 10.6 Å². The lowest BCUT2D eigenvalue weighted by Gasteiger charge is -2.23. The number of halogens is 2. The van der Waals surface area contributed by atoms with Gasteiger partial charge >= 0.3 is 0 Å². The van der Waals surface area contributed by atoms with Gasteiger partial charge in [-0.05, 0) is 70.3 Å². The van der Waals surface area contributed by atoms with E-state index in [0.29, 0.717) is 19.7 Å². The Morgan fingerprint density at radius 3 is 2.33 bits per heavy atom. The van der Waals surface area contributed by atoms with Crippen molar-refractivity contribution in [2.75, 3.05) is 20.2 Å². The molecule has 118 valence electrons. The van der Waals surface area contributed by atoms with Crippen molar-refractivity contribution in [2.24, 2.45) is 5.41 Å². The molecular weight excluding hydrogens is 400 g/mol. The number of carbonyl (C=O) groups is 1. The summed E-state index contributed by atoms with van der Waals surface area (Å²) in [6.07, 6.45) is 0. The number of hydrogen-bond acceptors (Lipinski definition) is 3. The topological polar surface area (TPSA) is 50.4 Å². The predicted octanol–water partition coefficient (Wildman–Crippen LogP) is 3.47. The fourth-order valence-electron chi connectivity index (χ4n) is 1.93. The molecule has 0 fully saturated rings. The first-order valence-corrected chi connectivity index (χ1v) is 8.44. The van der Waals surface area contributed by atoms with Crippen molar-refractivity contribution in [3.63, 3.8) is 0 Å². The average Bonchev–Trinajstić information content (AvgIpc) is 2.41. The van der Waals surface area contributed by atoms with Gasteiger partial charge < -0.3 is 15.4 Å². The van der Waals surface area contributed by atoms with E-state index in [1.54, 1.807) is 7.05 Å². The quantitative estimate of drug-likeness (QED) is 0.708. The maximum absolute atomic E-state index is 11.7. The van der Waals surface area contributed by atoms with Crippen LogP contribution in [0.3, 0.4) is 0 Å². The van der Waals surface area contributed by atoms with Gasteiger partial charge in [-0.3, -0.25) is 4.79 Å². The number of hydrogen-bond donors (Lipinski definition) is 2. The lowest BCUT2D eigenvalue weighted by atomic mass is 9.92. The smallest absolute Gasteiger partial charge is 0.226 e. The second-order valence-corrected chi connectivity index (χ2v) is 7.10. The molecule has 0 heterocycles. The minimum Gasteiger partial charge on any atom is -0.492 e. The zero-order valence-corrected chi connectivity index (χ0v) is 16.0. The number of nitrogens with one attached hydrogen (secondary N) is 2. The summed E-state index contributed by atoms with van der Waals surface area (Å²) in [6, 6.07) is 4.05. The van der Waals surface area contributed by atoms with Gasteiger partial charge in [0.15, 0.2) is 0 Å². The molecule has 0 atom stereocenters. The van der Waals surface area contributed by atoms with Crippen LogP contribution in [0, 0.1) is 5.41 Å². The summed E-state index contributed by atoms with van der Waals surface area (Å²) in [5, 5.41) is 6.00. The first-order valence-electron chi connectivity index (χ1n) is 6.85. The van der Waals surface area contributed by atoms with E-state index < -0.39 is 5.41 Å². The number of amides is 1. The van der Waals surface area contributed by atoms with Gasteiger partial charge in [0.1, 0.15) is 5.75 Å². The lowest BCUT2D eigenvalue weighted by Crippen LogP contribution is -2.41. The highest BCUT2D eigenvalue weighted by Gasteiger charge is 2.25. The van der Waals surface area contributed by atoms with Gasteiger partial charge in [-0.1, -0.05) is 0 Å². The minimum absolute atomic E-state index is 0.0315. The van der Waals surface area contributed by atoms with Crippen molar-refractivity contribution in [1.29, 1.82) is 0 Å². The zero-order valence-electron chi connectivity index (χ0n) is 12.8. The van der Waals surface area contributed by atoms with Crippen LogP contribution in [0.2, 0.25) is 0 Å². The molecule has 0 aliphatic rings. The highest BCUT2D eigenvalue weighted by Crippen LogP contribution is 2.34. The average molecular weight is 422 g/mol. The standard InChI is InChI=1S/C15H22Br2N2O2/c1-5-21-13-11(16)6-10(7-12(13)17)8-19-9-15(2,3)14(20)18-4/h6-7,19H,5,8-9H2,1-4H3,(H,18,20). The molecule has 0 spiro atoms. The molecule has 6 heteroatoms. The van der Waals surface area contributed by atoms with Crippen molar-refractivity contribution >= 4 is 37.8 Å². The van der Waals surface area contributed by atoms with E-state index in [1.807, 2.05) is 32.9 Å². The zero-order chi connectivity index (χ0) is 16.0. The maximum Gasteiger partial charge on any atom is 0.226 e.